The highest BCUT2D eigenvalue weighted by Crippen LogP contribution is 2.27. The maximum atomic E-state index is 12.5. The predicted octanol–water partition coefficient (Wildman–Crippen LogP) is 3.14. The Hall–Kier alpha value is -1.34. The van der Waals surface area contributed by atoms with E-state index in [-0.39, 0.29) is 5.91 Å². The minimum Gasteiger partial charge on any atom is -0.341 e. The van der Waals surface area contributed by atoms with Gasteiger partial charge in [0.05, 0.1) is 10.6 Å². The quantitative estimate of drug-likeness (QED) is 0.795. The average molecular weight is 351 g/mol. The molecule has 0 spiro atoms. The van der Waals surface area contributed by atoms with Crippen LogP contribution in [0.2, 0.25) is 0 Å². The lowest BCUT2D eigenvalue weighted by atomic mass is 9.92. The summed E-state index contributed by atoms with van der Waals surface area (Å²) in [6, 6.07) is 4.04. The van der Waals surface area contributed by atoms with E-state index in [0.29, 0.717) is 17.6 Å². The first-order valence-electron chi connectivity index (χ1n) is 7.88. The summed E-state index contributed by atoms with van der Waals surface area (Å²) in [4.78, 5) is 15.6. The van der Waals surface area contributed by atoms with Crippen molar-refractivity contribution in [3.8, 4) is 10.7 Å². The van der Waals surface area contributed by atoms with E-state index in [2.05, 4.69) is 24.0 Å². The van der Waals surface area contributed by atoms with Gasteiger partial charge in [-0.25, -0.2) is 0 Å². The van der Waals surface area contributed by atoms with E-state index in [0.717, 1.165) is 28.9 Å². The fourth-order valence-corrected chi connectivity index (χ4v) is 4.70. The van der Waals surface area contributed by atoms with Crippen molar-refractivity contribution in [1.82, 2.24) is 19.7 Å². The first-order chi connectivity index (χ1) is 11.0. The second kappa shape index (κ2) is 7.05. The Morgan fingerprint density at radius 2 is 2.09 bits per heavy atom. The van der Waals surface area contributed by atoms with Crippen molar-refractivity contribution in [2.45, 2.75) is 25.4 Å². The summed E-state index contributed by atoms with van der Waals surface area (Å²) < 4.78 is 1.96. The molecule has 0 saturated carbocycles. The second-order valence-electron chi connectivity index (χ2n) is 6.38. The van der Waals surface area contributed by atoms with Gasteiger partial charge in [-0.05, 0) is 29.7 Å². The number of thioether (sulfide) groups is 1. The van der Waals surface area contributed by atoms with Crippen LogP contribution in [0.1, 0.15) is 20.3 Å². The van der Waals surface area contributed by atoms with E-state index < -0.39 is 0 Å². The molecule has 2 atom stereocenters. The van der Waals surface area contributed by atoms with Crippen LogP contribution >= 0.6 is 23.1 Å². The predicted molar refractivity (Wildman–Crippen MR) is 94.6 cm³/mol. The molecular formula is C16H22N4OS2. The molecule has 2 aromatic heterocycles. The van der Waals surface area contributed by atoms with Gasteiger partial charge in [-0.15, -0.1) is 21.5 Å². The molecular weight excluding hydrogens is 328 g/mol. The van der Waals surface area contributed by atoms with Crippen molar-refractivity contribution in [3.05, 3.63) is 17.5 Å². The second-order valence-corrected chi connectivity index (χ2v) is 8.27. The Morgan fingerprint density at radius 1 is 1.35 bits per heavy atom. The summed E-state index contributed by atoms with van der Waals surface area (Å²) in [6.07, 6.45) is 1.21. The fraction of sp³-hybridized carbons (Fsp3) is 0.562. The normalized spacial score (nSPS) is 21.6. The summed E-state index contributed by atoms with van der Waals surface area (Å²) in [5.74, 6) is 2.67. The Bertz CT molecular complexity index is 658. The van der Waals surface area contributed by atoms with Gasteiger partial charge in [0.15, 0.2) is 11.0 Å². The molecule has 1 aliphatic heterocycles. The van der Waals surface area contributed by atoms with Gasteiger partial charge in [0, 0.05) is 20.1 Å². The first-order valence-corrected chi connectivity index (χ1v) is 9.75. The molecule has 5 nitrogen and oxygen atoms in total. The van der Waals surface area contributed by atoms with E-state index in [1.54, 1.807) is 11.3 Å². The van der Waals surface area contributed by atoms with Gasteiger partial charge < -0.3 is 9.47 Å². The molecule has 1 aliphatic rings. The maximum absolute atomic E-state index is 12.5. The number of rotatable bonds is 4. The van der Waals surface area contributed by atoms with Crippen LogP contribution < -0.4 is 0 Å². The van der Waals surface area contributed by atoms with Crippen LogP contribution in [0.3, 0.4) is 0 Å². The van der Waals surface area contributed by atoms with Crippen molar-refractivity contribution in [2.75, 3.05) is 18.8 Å². The van der Waals surface area contributed by atoms with E-state index in [1.807, 2.05) is 34.0 Å². The van der Waals surface area contributed by atoms with E-state index in [9.17, 15) is 4.79 Å². The van der Waals surface area contributed by atoms with Crippen LogP contribution in [-0.4, -0.2) is 44.4 Å². The fourth-order valence-electron chi connectivity index (χ4n) is 3.15. The highest BCUT2D eigenvalue weighted by atomic mass is 32.2. The number of piperidine rings is 1. The monoisotopic (exact) mass is 350 g/mol. The van der Waals surface area contributed by atoms with E-state index in [1.165, 1.54) is 18.2 Å². The van der Waals surface area contributed by atoms with Crippen molar-refractivity contribution in [3.63, 3.8) is 0 Å². The van der Waals surface area contributed by atoms with Gasteiger partial charge in [-0.3, -0.25) is 4.79 Å². The Labute approximate surface area is 145 Å². The summed E-state index contributed by atoms with van der Waals surface area (Å²) in [5, 5.41) is 11.3. The van der Waals surface area contributed by atoms with Crippen molar-refractivity contribution in [1.29, 1.82) is 0 Å². The number of thiophene rings is 1. The molecule has 1 saturated heterocycles. The number of hydrogen-bond donors (Lipinski definition) is 0. The number of aromatic nitrogens is 3. The van der Waals surface area contributed by atoms with Crippen molar-refractivity contribution >= 4 is 29.0 Å². The first kappa shape index (κ1) is 16.5. The zero-order valence-electron chi connectivity index (χ0n) is 13.7. The minimum atomic E-state index is 0.203. The van der Waals surface area contributed by atoms with Gasteiger partial charge in [-0.1, -0.05) is 31.7 Å². The molecule has 0 bridgehead atoms. The summed E-state index contributed by atoms with van der Waals surface area (Å²) in [7, 11) is 1.95. The maximum Gasteiger partial charge on any atom is 0.233 e. The third-order valence-electron chi connectivity index (χ3n) is 4.12. The number of carbonyl (C=O) groups excluding carboxylic acids is 1. The Morgan fingerprint density at radius 3 is 2.74 bits per heavy atom. The highest BCUT2D eigenvalue weighted by Gasteiger charge is 2.25. The lowest BCUT2D eigenvalue weighted by Gasteiger charge is -2.34. The van der Waals surface area contributed by atoms with Gasteiger partial charge in [0.25, 0.3) is 0 Å². The van der Waals surface area contributed by atoms with Crippen LogP contribution in [0.15, 0.2) is 22.7 Å². The summed E-state index contributed by atoms with van der Waals surface area (Å²) in [6.45, 7) is 6.20. The third kappa shape index (κ3) is 3.77. The number of likely N-dealkylation sites (tertiary alicyclic amines) is 1. The topological polar surface area (TPSA) is 51.0 Å². The molecule has 124 valence electrons. The highest BCUT2D eigenvalue weighted by molar-refractivity contribution is 7.99. The van der Waals surface area contributed by atoms with Crippen molar-refractivity contribution in [2.24, 2.45) is 18.9 Å². The Kier molecular flexibility index (Phi) is 5.06. The summed E-state index contributed by atoms with van der Waals surface area (Å²) in [5.41, 5.74) is 0. The largest absolute Gasteiger partial charge is 0.341 e. The molecule has 0 N–H and O–H groups in total. The molecule has 7 heteroatoms. The number of nitrogens with zero attached hydrogens (tertiary/aromatic N) is 4. The Balaban J connectivity index is 1.61. The van der Waals surface area contributed by atoms with Gasteiger partial charge in [-0.2, -0.15) is 0 Å². The number of hydrogen-bond acceptors (Lipinski definition) is 5. The molecule has 0 aromatic carbocycles. The smallest absolute Gasteiger partial charge is 0.233 e. The average Bonchev–Trinajstić information content (AvgIpc) is 3.13. The van der Waals surface area contributed by atoms with Gasteiger partial charge in [0.1, 0.15) is 0 Å². The van der Waals surface area contributed by atoms with Crippen LogP contribution in [-0.2, 0) is 11.8 Å². The molecule has 0 aliphatic carbocycles. The van der Waals surface area contributed by atoms with Crippen LogP contribution in [0.25, 0.3) is 10.7 Å². The van der Waals surface area contributed by atoms with E-state index in [4.69, 9.17) is 0 Å². The van der Waals surface area contributed by atoms with Crippen LogP contribution in [0.5, 0.6) is 0 Å². The summed E-state index contributed by atoms with van der Waals surface area (Å²) >= 11 is 3.12. The van der Waals surface area contributed by atoms with Crippen LogP contribution in [0, 0.1) is 11.8 Å². The van der Waals surface area contributed by atoms with Crippen LogP contribution in [0.4, 0.5) is 0 Å². The molecule has 2 unspecified atom stereocenters. The van der Waals surface area contributed by atoms with E-state index >= 15 is 0 Å². The molecule has 3 heterocycles. The molecule has 0 radical (unpaired) electrons. The third-order valence-corrected chi connectivity index (χ3v) is 5.99. The molecule has 23 heavy (non-hydrogen) atoms. The zero-order chi connectivity index (χ0) is 16.4. The number of amides is 1. The molecule has 1 fully saturated rings. The number of carbonyl (C=O) groups is 1. The van der Waals surface area contributed by atoms with Gasteiger partial charge in [0.2, 0.25) is 5.91 Å². The lowest BCUT2D eigenvalue weighted by molar-refractivity contribution is -0.130. The van der Waals surface area contributed by atoms with Gasteiger partial charge >= 0.3 is 0 Å². The zero-order valence-corrected chi connectivity index (χ0v) is 15.4. The van der Waals surface area contributed by atoms with Crippen molar-refractivity contribution < 1.29 is 4.79 Å². The molecule has 2 aromatic rings. The molecule has 3 rings (SSSR count). The SMILES string of the molecule is CC1CC(C)CN(C(=O)CSc2nnc(-c3cccs3)n2C)C1. The molecule has 1 amide bonds. The lowest BCUT2D eigenvalue weighted by Crippen LogP contribution is -2.43. The standard InChI is InChI=1S/C16H22N4OS2/c1-11-7-12(2)9-20(8-11)14(21)10-23-16-18-17-15(19(16)3)13-5-4-6-22-13/h4-6,11-12H,7-10H2,1-3H3. The minimum absolute atomic E-state index is 0.203.